The van der Waals surface area contributed by atoms with Gasteiger partial charge in [-0.3, -0.25) is 4.79 Å². The number of carbonyl (C=O) groups excluding carboxylic acids is 1. The number of nitrogens with one attached hydrogen (secondary N) is 1. The molecule has 1 fully saturated rings. The summed E-state index contributed by atoms with van der Waals surface area (Å²) in [6.45, 7) is 7.00. The minimum atomic E-state index is -0.487. The van der Waals surface area contributed by atoms with E-state index >= 15 is 0 Å². The smallest absolute Gasteiger partial charge is 0.306 e. The molecule has 0 radical (unpaired) electrons. The first kappa shape index (κ1) is 14.1. The molecule has 104 valence electrons. The van der Waals surface area contributed by atoms with Gasteiger partial charge in [0.2, 0.25) is 0 Å². The molecular formula is C16H23NO2. The van der Waals surface area contributed by atoms with E-state index in [-0.39, 0.29) is 11.9 Å². The molecular weight excluding hydrogens is 238 g/mol. The monoisotopic (exact) mass is 261 g/mol. The second-order valence-corrected chi connectivity index (χ2v) is 5.50. The minimum Gasteiger partial charge on any atom is -0.454 e. The van der Waals surface area contributed by atoms with E-state index in [0.717, 1.165) is 18.5 Å². The van der Waals surface area contributed by atoms with Crippen LogP contribution >= 0.6 is 0 Å². The highest BCUT2D eigenvalue weighted by Crippen LogP contribution is 2.40. The number of esters is 1. The highest BCUT2D eigenvalue weighted by atomic mass is 16.6. The molecule has 3 heteroatoms. The quantitative estimate of drug-likeness (QED) is 0.850. The summed E-state index contributed by atoms with van der Waals surface area (Å²) in [5, 5.41) is 3.46. The van der Waals surface area contributed by atoms with Crippen LogP contribution in [0, 0.1) is 5.92 Å². The fourth-order valence-electron chi connectivity index (χ4n) is 2.87. The van der Waals surface area contributed by atoms with E-state index in [1.165, 1.54) is 0 Å². The van der Waals surface area contributed by atoms with E-state index in [1.54, 1.807) is 0 Å². The van der Waals surface area contributed by atoms with Gasteiger partial charge in [-0.15, -0.1) is 0 Å². The van der Waals surface area contributed by atoms with Crippen molar-refractivity contribution in [3.8, 4) is 0 Å². The van der Waals surface area contributed by atoms with Crippen molar-refractivity contribution in [1.82, 2.24) is 5.32 Å². The topological polar surface area (TPSA) is 38.3 Å². The Labute approximate surface area is 115 Å². The number of hydrogen-bond acceptors (Lipinski definition) is 3. The molecule has 1 N–H and O–H groups in total. The highest BCUT2D eigenvalue weighted by molar-refractivity contribution is 5.69. The van der Waals surface area contributed by atoms with Crippen molar-refractivity contribution in [1.29, 1.82) is 0 Å². The van der Waals surface area contributed by atoms with Gasteiger partial charge in [0.25, 0.3) is 0 Å². The lowest BCUT2D eigenvalue weighted by atomic mass is 9.75. The van der Waals surface area contributed by atoms with Gasteiger partial charge in [-0.05, 0) is 12.5 Å². The third kappa shape index (κ3) is 2.81. The van der Waals surface area contributed by atoms with Crippen LogP contribution in [0.2, 0.25) is 0 Å². The summed E-state index contributed by atoms with van der Waals surface area (Å²) in [6, 6.07) is 10.5. The summed E-state index contributed by atoms with van der Waals surface area (Å²) in [6.07, 6.45) is 1.24. The third-order valence-corrected chi connectivity index (χ3v) is 4.03. The van der Waals surface area contributed by atoms with E-state index in [4.69, 9.17) is 4.74 Å². The zero-order valence-corrected chi connectivity index (χ0v) is 12.0. The Kier molecular flexibility index (Phi) is 4.25. The van der Waals surface area contributed by atoms with Crippen molar-refractivity contribution in [2.45, 2.75) is 45.3 Å². The number of piperidine rings is 1. The molecule has 0 bridgehead atoms. The third-order valence-electron chi connectivity index (χ3n) is 4.03. The minimum absolute atomic E-state index is 0.121. The molecule has 19 heavy (non-hydrogen) atoms. The first-order chi connectivity index (χ1) is 9.08. The Hall–Kier alpha value is -1.35. The van der Waals surface area contributed by atoms with E-state index in [1.807, 2.05) is 25.1 Å². The standard InChI is InChI=1S/C16H23NO2/c1-4-15(18)19-16(14-8-6-5-7-9-14)10-13(3)17-11-12(16)2/h5-9,12-13,17H,4,10-11H2,1-3H3. The molecule has 0 saturated carbocycles. The maximum absolute atomic E-state index is 11.9. The lowest BCUT2D eigenvalue weighted by Crippen LogP contribution is -2.53. The summed E-state index contributed by atoms with van der Waals surface area (Å²) in [4.78, 5) is 11.9. The van der Waals surface area contributed by atoms with Crippen LogP contribution in [0.1, 0.15) is 39.2 Å². The van der Waals surface area contributed by atoms with Crippen molar-refractivity contribution in [3.05, 3.63) is 35.9 Å². The normalized spacial score (nSPS) is 30.9. The average Bonchev–Trinajstić information content (AvgIpc) is 2.43. The summed E-state index contributed by atoms with van der Waals surface area (Å²) in [5.41, 5.74) is 0.622. The first-order valence-corrected chi connectivity index (χ1v) is 7.09. The predicted octanol–water partition coefficient (Wildman–Crippen LogP) is 2.85. The molecule has 1 aromatic rings. The number of hydrogen-bond donors (Lipinski definition) is 1. The van der Waals surface area contributed by atoms with Crippen LogP contribution in [0.15, 0.2) is 30.3 Å². The largest absolute Gasteiger partial charge is 0.454 e. The van der Waals surface area contributed by atoms with Gasteiger partial charge in [0, 0.05) is 31.3 Å². The summed E-state index contributed by atoms with van der Waals surface area (Å²) >= 11 is 0. The van der Waals surface area contributed by atoms with Crippen LogP contribution < -0.4 is 5.32 Å². The fraction of sp³-hybridized carbons (Fsp3) is 0.562. The lowest BCUT2D eigenvalue weighted by Gasteiger charge is -2.45. The van der Waals surface area contributed by atoms with E-state index in [2.05, 4.69) is 31.3 Å². The van der Waals surface area contributed by atoms with Gasteiger partial charge in [0.1, 0.15) is 5.60 Å². The van der Waals surface area contributed by atoms with Crippen molar-refractivity contribution in [2.75, 3.05) is 6.54 Å². The van der Waals surface area contributed by atoms with Crippen molar-refractivity contribution in [3.63, 3.8) is 0 Å². The fourth-order valence-corrected chi connectivity index (χ4v) is 2.87. The molecule has 0 amide bonds. The lowest BCUT2D eigenvalue weighted by molar-refractivity contribution is -0.172. The zero-order valence-electron chi connectivity index (χ0n) is 12.0. The predicted molar refractivity (Wildman–Crippen MR) is 75.7 cm³/mol. The number of carbonyl (C=O) groups is 1. The van der Waals surface area contributed by atoms with Gasteiger partial charge < -0.3 is 10.1 Å². The Morgan fingerprint density at radius 1 is 1.37 bits per heavy atom. The molecule has 3 atom stereocenters. The molecule has 2 rings (SSSR count). The Bertz CT molecular complexity index is 432. The van der Waals surface area contributed by atoms with E-state index in [9.17, 15) is 4.79 Å². The van der Waals surface area contributed by atoms with Crippen molar-refractivity contribution >= 4 is 5.97 Å². The highest BCUT2D eigenvalue weighted by Gasteiger charge is 2.45. The van der Waals surface area contributed by atoms with Gasteiger partial charge in [-0.2, -0.15) is 0 Å². The van der Waals surface area contributed by atoms with E-state index in [0.29, 0.717) is 12.5 Å². The molecule has 1 aliphatic rings. The van der Waals surface area contributed by atoms with Crippen LogP contribution in [0.5, 0.6) is 0 Å². The maximum atomic E-state index is 11.9. The molecule has 1 heterocycles. The van der Waals surface area contributed by atoms with Crippen LogP contribution in [0.25, 0.3) is 0 Å². The Balaban J connectivity index is 2.39. The van der Waals surface area contributed by atoms with Gasteiger partial charge in [0.05, 0.1) is 0 Å². The SMILES string of the molecule is CCC(=O)OC1(c2ccccc2)CC(C)NCC1C. The molecule has 3 nitrogen and oxygen atoms in total. The molecule has 1 saturated heterocycles. The Morgan fingerprint density at radius 3 is 2.68 bits per heavy atom. The second-order valence-electron chi connectivity index (χ2n) is 5.50. The molecule has 1 aromatic carbocycles. The first-order valence-electron chi connectivity index (χ1n) is 7.09. The molecule has 0 spiro atoms. The van der Waals surface area contributed by atoms with E-state index < -0.39 is 5.60 Å². The van der Waals surface area contributed by atoms with Gasteiger partial charge in [-0.25, -0.2) is 0 Å². The Morgan fingerprint density at radius 2 is 2.05 bits per heavy atom. The molecule has 0 aromatic heterocycles. The number of rotatable bonds is 3. The van der Waals surface area contributed by atoms with Crippen LogP contribution in [-0.4, -0.2) is 18.6 Å². The summed E-state index contributed by atoms with van der Waals surface area (Å²) < 4.78 is 5.92. The zero-order chi connectivity index (χ0) is 13.9. The molecule has 1 aliphatic heterocycles. The summed E-state index contributed by atoms with van der Waals surface area (Å²) in [7, 11) is 0. The molecule has 0 aliphatic carbocycles. The maximum Gasteiger partial charge on any atom is 0.306 e. The van der Waals surface area contributed by atoms with Gasteiger partial charge in [-0.1, -0.05) is 44.2 Å². The molecule has 3 unspecified atom stereocenters. The van der Waals surface area contributed by atoms with Crippen LogP contribution in [0.4, 0.5) is 0 Å². The average molecular weight is 261 g/mol. The van der Waals surface area contributed by atoms with Crippen molar-refractivity contribution < 1.29 is 9.53 Å². The van der Waals surface area contributed by atoms with Crippen LogP contribution in [0.3, 0.4) is 0 Å². The van der Waals surface area contributed by atoms with Crippen LogP contribution in [-0.2, 0) is 15.1 Å². The van der Waals surface area contributed by atoms with Gasteiger partial charge in [0.15, 0.2) is 0 Å². The number of benzene rings is 1. The summed E-state index contributed by atoms with van der Waals surface area (Å²) in [5.74, 6) is 0.145. The number of ether oxygens (including phenoxy) is 1. The second kappa shape index (κ2) is 5.74. The van der Waals surface area contributed by atoms with Crippen molar-refractivity contribution in [2.24, 2.45) is 5.92 Å². The van der Waals surface area contributed by atoms with Gasteiger partial charge >= 0.3 is 5.97 Å².